The third kappa shape index (κ3) is 4.20. The van der Waals surface area contributed by atoms with Gasteiger partial charge in [-0.15, -0.1) is 0 Å². The van der Waals surface area contributed by atoms with E-state index < -0.39 is 0 Å². The predicted molar refractivity (Wildman–Crippen MR) is 87.3 cm³/mol. The highest BCUT2D eigenvalue weighted by Gasteiger charge is 2.07. The number of nitrogens with zero attached hydrogens (tertiary/aromatic N) is 2. The number of hydrogen-bond donors (Lipinski definition) is 1. The van der Waals surface area contributed by atoms with E-state index >= 15 is 0 Å². The van der Waals surface area contributed by atoms with Gasteiger partial charge < -0.3 is 15.0 Å². The summed E-state index contributed by atoms with van der Waals surface area (Å²) in [4.78, 5) is 6.52. The van der Waals surface area contributed by atoms with E-state index in [1.54, 1.807) is 7.11 Å². The SMILES string of the molecule is CCCNCc1ccnc(N(C)c2cccc(OC)c2)c1. The number of nitrogens with one attached hydrogen (secondary N) is 1. The summed E-state index contributed by atoms with van der Waals surface area (Å²) in [7, 11) is 3.69. The molecule has 0 fully saturated rings. The lowest BCUT2D eigenvalue weighted by Crippen LogP contribution is -2.15. The van der Waals surface area contributed by atoms with Gasteiger partial charge in [0.05, 0.1) is 7.11 Å². The molecule has 0 spiro atoms. The standard InChI is InChI=1S/C17H23N3O/c1-4-9-18-13-14-8-10-19-17(11-14)20(2)15-6-5-7-16(12-15)21-3/h5-8,10-12,18H,4,9,13H2,1-3H3. The molecule has 0 unspecified atom stereocenters. The molecule has 0 aliphatic rings. The summed E-state index contributed by atoms with van der Waals surface area (Å²) >= 11 is 0. The van der Waals surface area contributed by atoms with Gasteiger partial charge in [0.2, 0.25) is 0 Å². The van der Waals surface area contributed by atoms with Crippen molar-refractivity contribution in [2.75, 3.05) is 25.6 Å². The summed E-state index contributed by atoms with van der Waals surface area (Å²) in [5.74, 6) is 1.78. The van der Waals surface area contributed by atoms with Crippen molar-refractivity contribution >= 4 is 11.5 Å². The van der Waals surface area contributed by atoms with E-state index in [4.69, 9.17) is 4.74 Å². The van der Waals surface area contributed by atoms with Gasteiger partial charge in [-0.2, -0.15) is 0 Å². The lowest BCUT2D eigenvalue weighted by molar-refractivity contribution is 0.415. The normalized spacial score (nSPS) is 10.4. The maximum atomic E-state index is 5.27. The molecule has 0 radical (unpaired) electrons. The highest BCUT2D eigenvalue weighted by Crippen LogP contribution is 2.25. The Balaban J connectivity index is 2.14. The van der Waals surface area contributed by atoms with Crippen LogP contribution in [0, 0.1) is 0 Å². The van der Waals surface area contributed by atoms with Crippen LogP contribution in [0.1, 0.15) is 18.9 Å². The highest BCUT2D eigenvalue weighted by atomic mass is 16.5. The molecule has 4 nitrogen and oxygen atoms in total. The molecule has 1 N–H and O–H groups in total. The van der Waals surface area contributed by atoms with Crippen molar-refractivity contribution in [3.63, 3.8) is 0 Å². The van der Waals surface area contributed by atoms with E-state index in [9.17, 15) is 0 Å². The number of ether oxygens (including phenoxy) is 1. The van der Waals surface area contributed by atoms with Gasteiger partial charge in [0.25, 0.3) is 0 Å². The molecule has 0 amide bonds. The molecule has 21 heavy (non-hydrogen) atoms. The molecule has 2 aromatic rings. The summed E-state index contributed by atoms with van der Waals surface area (Å²) < 4.78 is 5.27. The van der Waals surface area contributed by atoms with Crippen molar-refractivity contribution in [1.29, 1.82) is 0 Å². The first kappa shape index (κ1) is 15.3. The van der Waals surface area contributed by atoms with Gasteiger partial charge >= 0.3 is 0 Å². The molecule has 0 aliphatic carbocycles. The minimum Gasteiger partial charge on any atom is -0.497 e. The number of rotatable bonds is 7. The summed E-state index contributed by atoms with van der Waals surface area (Å²) in [6.07, 6.45) is 3.00. The second kappa shape index (κ2) is 7.64. The number of methoxy groups -OCH3 is 1. The first-order chi connectivity index (χ1) is 10.2. The zero-order valence-corrected chi connectivity index (χ0v) is 13.0. The minimum atomic E-state index is 0.847. The Kier molecular flexibility index (Phi) is 5.58. The second-order valence-corrected chi connectivity index (χ2v) is 4.96. The van der Waals surface area contributed by atoms with Crippen LogP contribution in [0.5, 0.6) is 5.75 Å². The average Bonchev–Trinajstić information content (AvgIpc) is 2.55. The van der Waals surface area contributed by atoms with Crippen molar-refractivity contribution in [2.45, 2.75) is 19.9 Å². The second-order valence-electron chi connectivity index (χ2n) is 4.96. The number of anilines is 2. The lowest BCUT2D eigenvalue weighted by atomic mass is 10.2. The fourth-order valence-electron chi connectivity index (χ4n) is 2.11. The van der Waals surface area contributed by atoms with Gasteiger partial charge in [-0.25, -0.2) is 4.98 Å². The van der Waals surface area contributed by atoms with Crippen LogP contribution in [-0.4, -0.2) is 25.7 Å². The van der Waals surface area contributed by atoms with Crippen LogP contribution in [-0.2, 0) is 6.54 Å². The highest BCUT2D eigenvalue weighted by molar-refractivity contribution is 5.61. The number of aromatic nitrogens is 1. The van der Waals surface area contributed by atoms with Crippen LogP contribution >= 0.6 is 0 Å². The monoisotopic (exact) mass is 285 g/mol. The van der Waals surface area contributed by atoms with Gasteiger partial charge in [0.15, 0.2) is 0 Å². The Morgan fingerprint density at radius 2 is 2.10 bits per heavy atom. The van der Waals surface area contributed by atoms with Crippen molar-refractivity contribution in [3.05, 3.63) is 48.2 Å². The average molecular weight is 285 g/mol. The molecule has 0 bridgehead atoms. The number of hydrogen-bond acceptors (Lipinski definition) is 4. The Morgan fingerprint density at radius 1 is 1.24 bits per heavy atom. The topological polar surface area (TPSA) is 37.4 Å². The largest absolute Gasteiger partial charge is 0.497 e. The maximum absolute atomic E-state index is 5.27. The van der Waals surface area contributed by atoms with Gasteiger partial charge in [0.1, 0.15) is 11.6 Å². The fourth-order valence-corrected chi connectivity index (χ4v) is 2.11. The zero-order valence-electron chi connectivity index (χ0n) is 13.0. The van der Waals surface area contributed by atoms with Crippen molar-refractivity contribution in [2.24, 2.45) is 0 Å². The van der Waals surface area contributed by atoms with Crippen LogP contribution in [0.25, 0.3) is 0 Å². The number of pyridine rings is 1. The first-order valence-corrected chi connectivity index (χ1v) is 7.28. The molecule has 1 aromatic heterocycles. The molecule has 0 atom stereocenters. The predicted octanol–water partition coefficient (Wildman–Crippen LogP) is 3.36. The smallest absolute Gasteiger partial charge is 0.132 e. The summed E-state index contributed by atoms with van der Waals surface area (Å²) in [6, 6.07) is 12.1. The van der Waals surface area contributed by atoms with Crippen molar-refractivity contribution in [3.8, 4) is 5.75 Å². The van der Waals surface area contributed by atoms with Crippen molar-refractivity contribution in [1.82, 2.24) is 10.3 Å². The van der Waals surface area contributed by atoms with Crippen LogP contribution in [0.3, 0.4) is 0 Å². The maximum Gasteiger partial charge on any atom is 0.132 e. The third-order valence-corrected chi connectivity index (χ3v) is 3.35. The zero-order chi connectivity index (χ0) is 15.1. The summed E-state index contributed by atoms with van der Waals surface area (Å²) in [5, 5.41) is 3.41. The molecule has 4 heteroatoms. The molecular weight excluding hydrogens is 262 g/mol. The quantitative estimate of drug-likeness (QED) is 0.792. The molecular formula is C17H23N3O. The Labute approximate surface area is 126 Å². The van der Waals surface area contributed by atoms with E-state index in [1.165, 1.54) is 5.56 Å². The molecule has 0 saturated heterocycles. The van der Waals surface area contributed by atoms with E-state index in [-0.39, 0.29) is 0 Å². The van der Waals surface area contributed by atoms with Crippen LogP contribution in [0.4, 0.5) is 11.5 Å². The van der Waals surface area contributed by atoms with E-state index in [0.717, 1.165) is 36.8 Å². The third-order valence-electron chi connectivity index (χ3n) is 3.35. The Morgan fingerprint density at radius 3 is 2.86 bits per heavy atom. The van der Waals surface area contributed by atoms with Gasteiger partial charge in [-0.05, 0) is 42.8 Å². The molecule has 1 heterocycles. The first-order valence-electron chi connectivity index (χ1n) is 7.28. The fraction of sp³-hybridized carbons (Fsp3) is 0.353. The van der Waals surface area contributed by atoms with Gasteiger partial charge in [-0.3, -0.25) is 0 Å². The Hall–Kier alpha value is -2.07. The van der Waals surface area contributed by atoms with E-state index in [1.807, 2.05) is 43.6 Å². The molecule has 0 aliphatic heterocycles. The van der Waals surface area contributed by atoms with Crippen LogP contribution in [0.15, 0.2) is 42.6 Å². The summed E-state index contributed by atoms with van der Waals surface area (Å²) in [5.41, 5.74) is 2.30. The molecule has 112 valence electrons. The molecule has 0 saturated carbocycles. The lowest BCUT2D eigenvalue weighted by Gasteiger charge is -2.19. The molecule has 1 aromatic carbocycles. The van der Waals surface area contributed by atoms with Crippen molar-refractivity contribution < 1.29 is 4.74 Å². The molecule has 2 rings (SSSR count). The van der Waals surface area contributed by atoms with Crippen LogP contribution in [0.2, 0.25) is 0 Å². The number of benzene rings is 1. The summed E-state index contributed by atoms with van der Waals surface area (Å²) in [6.45, 7) is 4.07. The van der Waals surface area contributed by atoms with Crippen LogP contribution < -0.4 is 15.0 Å². The van der Waals surface area contributed by atoms with Gasteiger partial charge in [-0.1, -0.05) is 13.0 Å². The van der Waals surface area contributed by atoms with E-state index in [2.05, 4.69) is 28.2 Å². The Bertz CT molecular complexity index is 571. The van der Waals surface area contributed by atoms with Gasteiger partial charge in [0, 0.05) is 31.5 Å². The van der Waals surface area contributed by atoms with E-state index in [0.29, 0.717) is 0 Å². The minimum absolute atomic E-state index is 0.847.